The predicted octanol–water partition coefficient (Wildman–Crippen LogP) is -0.0156. The van der Waals surface area contributed by atoms with E-state index in [-0.39, 0.29) is 30.4 Å². The number of anilines is 1. The van der Waals surface area contributed by atoms with Crippen LogP contribution >= 0.6 is 0 Å². The van der Waals surface area contributed by atoms with Gasteiger partial charge in [-0.2, -0.15) is 0 Å². The van der Waals surface area contributed by atoms with E-state index in [4.69, 9.17) is 4.74 Å². The molecule has 0 spiro atoms. The van der Waals surface area contributed by atoms with Crippen LogP contribution in [0.2, 0.25) is 0 Å². The van der Waals surface area contributed by atoms with E-state index in [2.05, 4.69) is 10.6 Å². The van der Waals surface area contributed by atoms with Gasteiger partial charge in [-0.1, -0.05) is 12.1 Å². The summed E-state index contributed by atoms with van der Waals surface area (Å²) in [6, 6.07) is 6.14. The number of para-hydroxylation sites is 1. The lowest BCUT2D eigenvalue weighted by atomic mass is 10.1. The molecule has 3 amide bonds. The molecule has 0 radical (unpaired) electrons. The van der Waals surface area contributed by atoms with Gasteiger partial charge in [-0.15, -0.1) is 0 Å². The van der Waals surface area contributed by atoms with E-state index in [9.17, 15) is 14.4 Å². The van der Waals surface area contributed by atoms with Crippen molar-refractivity contribution < 1.29 is 19.1 Å². The maximum atomic E-state index is 12.6. The van der Waals surface area contributed by atoms with Gasteiger partial charge in [0.15, 0.2) is 0 Å². The Morgan fingerprint density at radius 3 is 2.95 bits per heavy atom. The van der Waals surface area contributed by atoms with Crippen LogP contribution in [0.5, 0.6) is 0 Å². The number of hydrogen-bond donors (Lipinski definition) is 2. The minimum atomic E-state index is -0.562. The molecule has 2 N–H and O–H groups in total. The maximum absolute atomic E-state index is 12.6. The van der Waals surface area contributed by atoms with Gasteiger partial charge in [0.05, 0.1) is 11.3 Å². The first kappa shape index (κ1) is 14.5. The van der Waals surface area contributed by atoms with Crippen molar-refractivity contribution in [3.8, 4) is 0 Å². The number of fused-ring (bicyclic) bond motifs is 2. The van der Waals surface area contributed by atoms with Crippen molar-refractivity contribution in [2.24, 2.45) is 0 Å². The summed E-state index contributed by atoms with van der Waals surface area (Å²) in [6.07, 6.45) is 0.404. The average Bonchev–Trinajstić information content (AvgIpc) is 2.87. The second-order valence-electron chi connectivity index (χ2n) is 5.44. The van der Waals surface area contributed by atoms with E-state index in [1.165, 1.54) is 12.0 Å². The first-order chi connectivity index (χ1) is 10.6. The highest BCUT2D eigenvalue weighted by Gasteiger charge is 2.42. The lowest BCUT2D eigenvalue weighted by molar-refractivity contribution is -0.125. The number of ether oxygens (including phenoxy) is 1. The number of nitrogens with zero attached hydrogens (tertiary/aromatic N) is 1. The van der Waals surface area contributed by atoms with Crippen LogP contribution in [0.4, 0.5) is 5.69 Å². The minimum absolute atomic E-state index is 0.0376. The number of amides is 3. The summed E-state index contributed by atoms with van der Waals surface area (Å²) < 4.78 is 4.77. The van der Waals surface area contributed by atoms with Gasteiger partial charge in [0.1, 0.15) is 12.6 Å². The highest BCUT2D eigenvalue weighted by molar-refractivity contribution is 6.10. The average molecular weight is 303 g/mol. The summed E-state index contributed by atoms with van der Waals surface area (Å²) in [5.74, 6) is -0.664. The summed E-state index contributed by atoms with van der Waals surface area (Å²) in [5, 5.41) is 5.57. The molecule has 22 heavy (non-hydrogen) atoms. The van der Waals surface area contributed by atoms with Crippen LogP contribution in [-0.2, 0) is 14.3 Å². The molecular weight excluding hydrogens is 286 g/mol. The highest BCUT2D eigenvalue weighted by Crippen LogP contribution is 2.28. The summed E-state index contributed by atoms with van der Waals surface area (Å²) in [4.78, 5) is 38.1. The first-order valence-corrected chi connectivity index (χ1v) is 7.09. The SMILES string of the molecule is COCC(=O)N[C@@H]1C[C@@H]2C(=O)Nc3ccccc3C(=O)N2C1. The fourth-order valence-corrected chi connectivity index (χ4v) is 2.96. The monoisotopic (exact) mass is 303 g/mol. The molecule has 1 aromatic rings. The largest absolute Gasteiger partial charge is 0.375 e. The Kier molecular flexibility index (Phi) is 3.81. The Morgan fingerprint density at radius 1 is 1.41 bits per heavy atom. The molecule has 2 heterocycles. The van der Waals surface area contributed by atoms with E-state index in [1.807, 2.05) is 0 Å². The van der Waals surface area contributed by atoms with Crippen LogP contribution in [0, 0.1) is 0 Å². The zero-order valence-electron chi connectivity index (χ0n) is 12.2. The molecule has 7 nitrogen and oxygen atoms in total. The normalized spacial score (nSPS) is 23.4. The molecule has 0 saturated carbocycles. The second-order valence-corrected chi connectivity index (χ2v) is 5.44. The molecule has 0 unspecified atom stereocenters. The van der Waals surface area contributed by atoms with Crippen molar-refractivity contribution in [1.82, 2.24) is 10.2 Å². The van der Waals surface area contributed by atoms with Crippen molar-refractivity contribution in [1.29, 1.82) is 0 Å². The molecule has 116 valence electrons. The van der Waals surface area contributed by atoms with Crippen LogP contribution in [-0.4, -0.2) is 55.0 Å². The number of rotatable bonds is 3. The van der Waals surface area contributed by atoms with Gasteiger partial charge in [0.25, 0.3) is 5.91 Å². The van der Waals surface area contributed by atoms with Crippen molar-refractivity contribution in [3.63, 3.8) is 0 Å². The third-order valence-electron chi connectivity index (χ3n) is 3.92. The van der Waals surface area contributed by atoms with Crippen LogP contribution in [0.3, 0.4) is 0 Å². The number of benzene rings is 1. The van der Waals surface area contributed by atoms with Gasteiger partial charge in [0.2, 0.25) is 11.8 Å². The number of methoxy groups -OCH3 is 1. The Morgan fingerprint density at radius 2 is 2.18 bits per heavy atom. The smallest absolute Gasteiger partial charge is 0.256 e. The molecule has 0 aromatic heterocycles. The van der Waals surface area contributed by atoms with Crippen molar-refractivity contribution in [2.45, 2.75) is 18.5 Å². The third-order valence-corrected chi connectivity index (χ3v) is 3.92. The number of carbonyl (C=O) groups excluding carboxylic acids is 3. The molecule has 3 rings (SSSR count). The zero-order chi connectivity index (χ0) is 15.7. The highest BCUT2D eigenvalue weighted by atomic mass is 16.5. The first-order valence-electron chi connectivity index (χ1n) is 7.09. The van der Waals surface area contributed by atoms with Gasteiger partial charge >= 0.3 is 0 Å². The van der Waals surface area contributed by atoms with Gasteiger partial charge in [-0.05, 0) is 18.6 Å². The van der Waals surface area contributed by atoms with Crippen molar-refractivity contribution >= 4 is 23.4 Å². The Bertz CT molecular complexity index is 631. The van der Waals surface area contributed by atoms with E-state index in [1.54, 1.807) is 24.3 Å². The molecule has 2 aliphatic heterocycles. The standard InChI is InChI=1S/C15H17N3O4/c1-22-8-13(19)16-9-6-12-14(20)17-11-5-3-2-4-10(11)15(21)18(12)7-9/h2-5,9,12H,6-8H2,1H3,(H,16,19)(H,17,20)/t9-,12-/m1/s1. The van der Waals surface area contributed by atoms with Gasteiger partial charge in [-0.25, -0.2) is 0 Å². The van der Waals surface area contributed by atoms with E-state index < -0.39 is 6.04 Å². The Labute approximate surface area is 127 Å². The summed E-state index contributed by atoms with van der Waals surface area (Å²) in [6.45, 7) is 0.283. The fourth-order valence-electron chi connectivity index (χ4n) is 2.96. The molecule has 2 atom stereocenters. The summed E-state index contributed by atoms with van der Waals surface area (Å²) >= 11 is 0. The van der Waals surface area contributed by atoms with E-state index in [0.717, 1.165) is 0 Å². The molecule has 7 heteroatoms. The van der Waals surface area contributed by atoms with Gasteiger partial charge < -0.3 is 20.3 Å². The van der Waals surface area contributed by atoms with E-state index >= 15 is 0 Å². The maximum Gasteiger partial charge on any atom is 0.256 e. The fraction of sp³-hybridized carbons (Fsp3) is 0.400. The summed E-state index contributed by atoms with van der Waals surface area (Å²) in [7, 11) is 1.44. The predicted molar refractivity (Wildman–Crippen MR) is 78.3 cm³/mol. The van der Waals surface area contributed by atoms with Crippen LogP contribution < -0.4 is 10.6 Å². The van der Waals surface area contributed by atoms with Crippen LogP contribution in [0.1, 0.15) is 16.8 Å². The van der Waals surface area contributed by atoms with Crippen molar-refractivity contribution in [2.75, 3.05) is 25.6 Å². The number of carbonyl (C=O) groups is 3. The summed E-state index contributed by atoms with van der Waals surface area (Å²) in [5.41, 5.74) is 1.01. The van der Waals surface area contributed by atoms with Gasteiger partial charge in [-0.3, -0.25) is 14.4 Å². The van der Waals surface area contributed by atoms with Gasteiger partial charge in [0, 0.05) is 19.7 Å². The zero-order valence-corrected chi connectivity index (χ0v) is 12.2. The molecule has 1 aromatic carbocycles. The number of nitrogens with one attached hydrogen (secondary N) is 2. The van der Waals surface area contributed by atoms with Crippen molar-refractivity contribution in [3.05, 3.63) is 29.8 Å². The minimum Gasteiger partial charge on any atom is -0.375 e. The van der Waals surface area contributed by atoms with Crippen LogP contribution in [0.15, 0.2) is 24.3 Å². The lowest BCUT2D eigenvalue weighted by Gasteiger charge is -2.20. The third kappa shape index (κ3) is 2.55. The van der Waals surface area contributed by atoms with E-state index in [0.29, 0.717) is 24.2 Å². The molecule has 0 bridgehead atoms. The number of hydrogen-bond acceptors (Lipinski definition) is 4. The lowest BCUT2D eigenvalue weighted by Crippen LogP contribution is -2.41. The second kappa shape index (κ2) is 5.76. The molecule has 0 aliphatic carbocycles. The molecule has 1 saturated heterocycles. The molecular formula is C15H17N3O4. The molecule has 1 fully saturated rings. The van der Waals surface area contributed by atoms with Crippen LogP contribution in [0.25, 0.3) is 0 Å². The quantitative estimate of drug-likeness (QED) is 0.822. The topological polar surface area (TPSA) is 87.7 Å². The Balaban J connectivity index is 1.80. The molecule has 2 aliphatic rings. The Hall–Kier alpha value is -2.41.